The zero-order valence-electron chi connectivity index (χ0n) is 38.5. The van der Waals surface area contributed by atoms with Crippen molar-refractivity contribution in [3.8, 4) is 27.9 Å². The molecule has 0 saturated heterocycles. The maximum absolute atomic E-state index is 6.86. The Bertz CT molecular complexity index is 4360. The maximum atomic E-state index is 6.86. The average Bonchev–Trinajstić information content (AvgIpc) is 4.18. The first kappa shape index (κ1) is 40.0. The molecule has 0 saturated carbocycles. The first-order valence-electron chi connectivity index (χ1n) is 24.3. The minimum absolute atomic E-state index is 0.535. The Morgan fingerprint density at radius 2 is 1.03 bits per heavy atom. The summed E-state index contributed by atoms with van der Waals surface area (Å²) in [5.41, 5.74) is 17.7. The third-order valence-electron chi connectivity index (χ3n) is 15.0. The molecule has 1 aliphatic carbocycles. The van der Waals surface area contributed by atoms with E-state index in [0.717, 1.165) is 55.7 Å². The van der Waals surface area contributed by atoms with Crippen LogP contribution in [0.2, 0.25) is 0 Å². The lowest BCUT2D eigenvalue weighted by Crippen LogP contribution is -2.28. The molecule has 0 unspecified atom stereocenters. The van der Waals surface area contributed by atoms with Gasteiger partial charge in [0.05, 0.1) is 22.1 Å². The van der Waals surface area contributed by atoms with Gasteiger partial charge in [-0.05, 0) is 94.0 Å². The lowest BCUT2D eigenvalue weighted by molar-refractivity contribution is 0.669. The first-order chi connectivity index (χ1) is 35.2. The second kappa shape index (κ2) is 15.5. The van der Waals surface area contributed by atoms with Crippen LogP contribution in [-0.2, 0) is 5.41 Å². The summed E-state index contributed by atoms with van der Waals surface area (Å²) in [5, 5.41) is 7.21. The van der Waals surface area contributed by atoms with Crippen LogP contribution in [0.3, 0.4) is 0 Å². The molecule has 15 rings (SSSR count). The van der Waals surface area contributed by atoms with Crippen LogP contribution in [0.5, 0.6) is 0 Å². The number of hydrogen-bond donors (Lipinski definition) is 0. The van der Waals surface area contributed by atoms with Crippen molar-refractivity contribution in [2.45, 2.75) is 5.41 Å². The van der Waals surface area contributed by atoms with Gasteiger partial charge >= 0.3 is 0 Å². The van der Waals surface area contributed by atoms with Crippen molar-refractivity contribution in [1.82, 2.24) is 4.57 Å². The molecular formula is C67H42N2OS. The number of aromatic nitrogens is 1. The highest BCUT2D eigenvalue weighted by Gasteiger charge is 2.47. The van der Waals surface area contributed by atoms with E-state index in [1.54, 1.807) is 0 Å². The van der Waals surface area contributed by atoms with E-state index in [1.165, 1.54) is 75.5 Å². The summed E-state index contributed by atoms with van der Waals surface area (Å²) < 4.78 is 11.9. The normalized spacial score (nSPS) is 12.9. The molecule has 71 heavy (non-hydrogen) atoms. The standard InChI is InChI=1S/C67H42N2OS/c1-5-20-44(21-6-1)67(45-22-7-2-8-23-45)54-31-16-13-29-51(54)64-55(67)32-19-33-56(64)68(46-24-9-3-10-25-46)48-37-39-52-57(41-48)69(47-26-11-4-12-27-47)58-42-60-66(53-30-14-17-34-59(53)70-60)63(65(52)58)43-36-38-50-49-28-15-18-35-61(49)71-62(50)40-43/h1-42H. The molecule has 1 aliphatic rings. The van der Waals surface area contributed by atoms with Crippen LogP contribution in [0, 0.1) is 0 Å². The van der Waals surface area contributed by atoms with Gasteiger partial charge in [-0.15, -0.1) is 11.3 Å². The van der Waals surface area contributed by atoms with Gasteiger partial charge in [-0.2, -0.15) is 0 Å². The van der Waals surface area contributed by atoms with Gasteiger partial charge in [-0.25, -0.2) is 0 Å². The topological polar surface area (TPSA) is 21.3 Å². The van der Waals surface area contributed by atoms with E-state index < -0.39 is 5.41 Å². The number of anilines is 3. The van der Waals surface area contributed by atoms with E-state index in [-0.39, 0.29) is 0 Å². The lowest BCUT2D eigenvalue weighted by Gasteiger charge is -2.34. The van der Waals surface area contributed by atoms with Gasteiger partial charge in [-0.1, -0.05) is 188 Å². The molecule has 3 nitrogen and oxygen atoms in total. The van der Waals surface area contributed by atoms with E-state index in [4.69, 9.17) is 4.42 Å². The van der Waals surface area contributed by atoms with Crippen LogP contribution in [-0.4, -0.2) is 4.57 Å². The minimum Gasteiger partial charge on any atom is -0.456 e. The van der Waals surface area contributed by atoms with Crippen LogP contribution in [0.1, 0.15) is 22.3 Å². The molecule has 0 atom stereocenters. The number of thiophene rings is 1. The van der Waals surface area contributed by atoms with Gasteiger partial charge in [-0.3, -0.25) is 0 Å². The lowest BCUT2D eigenvalue weighted by atomic mass is 9.68. The predicted octanol–water partition coefficient (Wildman–Crippen LogP) is 18.6. The average molecular weight is 923 g/mol. The van der Waals surface area contributed by atoms with Gasteiger partial charge in [0.25, 0.3) is 0 Å². The Kier molecular flexibility index (Phi) is 8.74. The molecule has 14 aromatic rings. The molecular weight excluding hydrogens is 881 g/mol. The quantitative estimate of drug-likeness (QED) is 0.159. The molecule has 0 amide bonds. The number of furan rings is 1. The van der Waals surface area contributed by atoms with Crippen molar-refractivity contribution < 1.29 is 4.42 Å². The molecule has 0 bridgehead atoms. The number of rotatable bonds is 7. The summed E-state index contributed by atoms with van der Waals surface area (Å²) in [6, 6.07) is 93.5. The number of hydrogen-bond acceptors (Lipinski definition) is 3. The van der Waals surface area contributed by atoms with Crippen molar-refractivity contribution >= 4 is 92.3 Å². The Hall–Kier alpha value is -8.96. The Balaban J connectivity index is 1.04. The fraction of sp³-hybridized carbons (Fsp3) is 0.0149. The van der Waals surface area contributed by atoms with Crippen LogP contribution in [0.4, 0.5) is 17.1 Å². The Morgan fingerprint density at radius 1 is 0.394 bits per heavy atom. The highest BCUT2D eigenvalue weighted by atomic mass is 32.1. The molecule has 0 fully saturated rings. The molecule has 4 heteroatoms. The third kappa shape index (κ3) is 5.77. The molecule has 0 radical (unpaired) electrons. The third-order valence-corrected chi connectivity index (χ3v) is 16.2. The highest BCUT2D eigenvalue weighted by molar-refractivity contribution is 7.25. The molecule has 0 N–H and O–H groups in total. The molecule has 3 aromatic heterocycles. The Morgan fingerprint density at radius 3 is 1.82 bits per heavy atom. The van der Waals surface area contributed by atoms with Crippen LogP contribution >= 0.6 is 11.3 Å². The Labute approximate surface area is 414 Å². The summed E-state index contributed by atoms with van der Waals surface area (Å²) in [6.45, 7) is 0. The summed E-state index contributed by atoms with van der Waals surface area (Å²) in [7, 11) is 0. The van der Waals surface area contributed by atoms with Crippen LogP contribution in [0.25, 0.3) is 91.9 Å². The molecule has 0 spiro atoms. The SMILES string of the molecule is c1ccc(N(c2ccc3c4c(-c5ccc6c(c5)sc5ccccc56)c5c(cc4n(-c4ccccc4)c3c2)oc2ccccc25)c2cccc3c2-c2ccccc2C3(c2ccccc2)c2ccccc2)cc1. The van der Waals surface area contributed by atoms with E-state index in [9.17, 15) is 0 Å². The zero-order valence-corrected chi connectivity index (χ0v) is 39.3. The summed E-state index contributed by atoms with van der Waals surface area (Å²) in [5.74, 6) is 0. The van der Waals surface area contributed by atoms with E-state index in [0.29, 0.717) is 0 Å². The fourth-order valence-electron chi connectivity index (χ4n) is 12.2. The monoisotopic (exact) mass is 922 g/mol. The van der Waals surface area contributed by atoms with Gasteiger partial charge in [0.2, 0.25) is 0 Å². The van der Waals surface area contributed by atoms with Crippen molar-refractivity contribution in [1.29, 1.82) is 0 Å². The summed E-state index contributed by atoms with van der Waals surface area (Å²) in [6.07, 6.45) is 0. The van der Waals surface area contributed by atoms with Gasteiger partial charge in [0.15, 0.2) is 0 Å². The zero-order chi connectivity index (χ0) is 46.6. The smallest absolute Gasteiger partial charge is 0.138 e. The molecule has 3 heterocycles. The van der Waals surface area contributed by atoms with Crippen molar-refractivity contribution in [2.24, 2.45) is 0 Å². The first-order valence-corrected chi connectivity index (χ1v) is 25.1. The summed E-state index contributed by atoms with van der Waals surface area (Å²) in [4.78, 5) is 2.48. The number of fused-ring (bicyclic) bond motifs is 12. The van der Waals surface area contributed by atoms with Gasteiger partial charge < -0.3 is 13.9 Å². The largest absolute Gasteiger partial charge is 0.456 e. The molecule has 332 valence electrons. The van der Waals surface area contributed by atoms with Crippen molar-refractivity contribution in [3.05, 3.63) is 277 Å². The second-order valence-electron chi connectivity index (χ2n) is 18.7. The van der Waals surface area contributed by atoms with Gasteiger partial charge in [0.1, 0.15) is 11.2 Å². The van der Waals surface area contributed by atoms with Crippen LogP contribution < -0.4 is 4.90 Å². The van der Waals surface area contributed by atoms with Gasteiger partial charge in [0, 0.05) is 76.0 Å². The minimum atomic E-state index is -0.535. The predicted molar refractivity (Wildman–Crippen MR) is 298 cm³/mol. The second-order valence-corrected chi connectivity index (χ2v) is 19.8. The number of nitrogens with zero attached hydrogens (tertiary/aromatic N) is 2. The van der Waals surface area contributed by atoms with E-state index >= 15 is 0 Å². The van der Waals surface area contributed by atoms with Crippen molar-refractivity contribution in [3.63, 3.8) is 0 Å². The number of para-hydroxylation sites is 3. The maximum Gasteiger partial charge on any atom is 0.138 e. The number of benzene rings is 11. The van der Waals surface area contributed by atoms with E-state index in [2.05, 4.69) is 264 Å². The molecule has 11 aromatic carbocycles. The van der Waals surface area contributed by atoms with Crippen LogP contribution in [0.15, 0.2) is 259 Å². The van der Waals surface area contributed by atoms with Crippen molar-refractivity contribution in [2.75, 3.05) is 4.90 Å². The highest BCUT2D eigenvalue weighted by Crippen LogP contribution is 2.60. The summed E-state index contributed by atoms with van der Waals surface area (Å²) >= 11 is 1.86. The fourth-order valence-corrected chi connectivity index (χ4v) is 13.3. The molecule has 0 aliphatic heterocycles. The van der Waals surface area contributed by atoms with E-state index in [1.807, 2.05) is 11.3 Å².